The van der Waals surface area contributed by atoms with Crippen LogP contribution in [-0.4, -0.2) is 0 Å². The largest absolute Gasteiger partial charge is 0.270 e. The van der Waals surface area contributed by atoms with Crippen LogP contribution in [0.5, 0.6) is 0 Å². The Morgan fingerprint density at radius 2 is 1.24 bits per heavy atom. The van der Waals surface area contributed by atoms with E-state index in [1.165, 1.54) is 28.3 Å². The van der Waals surface area contributed by atoms with Gasteiger partial charge in [-0.3, -0.25) is 0 Å². The van der Waals surface area contributed by atoms with E-state index in [9.17, 15) is 8.78 Å². The van der Waals surface area contributed by atoms with Crippen molar-refractivity contribution in [3.8, 4) is 22.3 Å². The summed E-state index contributed by atoms with van der Waals surface area (Å²) in [6.45, 7) is 0.954. The maximum Gasteiger partial charge on any atom is 0.270 e. The summed E-state index contributed by atoms with van der Waals surface area (Å²) in [6, 6.07) is 30.2. The molecule has 6 rings (SSSR count). The van der Waals surface area contributed by atoms with Gasteiger partial charge in [0.15, 0.2) is 0 Å². The Balaban J connectivity index is 1.70. The molecule has 0 amide bonds. The molecule has 34 heavy (non-hydrogen) atoms. The summed E-state index contributed by atoms with van der Waals surface area (Å²) in [6.07, 6.45) is 6.62. The molecule has 0 atom stereocenters. The van der Waals surface area contributed by atoms with E-state index in [1.807, 2.05) is 18.2 Å². The van der Waals surface area contributed by atoms with Crippen molar-refractivity contribution in [1.29, 1.82) is 0 Å². The molecular weight excluding hydrogens is 422 g/mol. The van der Waals surface area contributed by atoms with E-state index in [2.05, 4.69) is 66.7 Å². The standard InChI is InChI=1S/C32H24F2/c1-32(33,34)25-12-8-11-23(20-25)30-26-13-4-6-15-28(26)31(29-16-7-5-14-27(29)30)24-18-17-21-9-2-3-10-22(21)19-24/h3-8,10-20H,2,9H2,1H3. The molecule has 1 aliphatic carbocycles. The summed E-state index contributed by atoms with van der Waals surface area (Å²) in [5.41, 5.74) is 6.87. The van der Waals surface area contributed by atoms with Crippen LogP contribution in [0.15, 0.2) is 97.1 Å². The fourth-order valence-electron chi connectivity index (χ4n) is 5.28. The normalized spacial score (nSPS) is 13.4. The van der Waals surface area contributed by atoms with Crippen molar-refractivity contribution in [2.45, 2.75) is 25.7 Å². The van der Waals surface area contributed by atoms with E-state index in [4.69, 9.17) is 0 Å². The predicted octanol–water partition coefficient (Wildman–Crippen LogP) is 9.40. The number of hydrogen-bond donors (Lipinski definition) is 0. The first-order valence-corrected chi connectivity index (χ1v) is 11.7. The van der Waals surface area contributed by atoms with Gasteiger partial charge in [0.25, 0.3) is 5.92 Å². The number of hydrogen-bond acceptors (Lipinski definition) is 0. The summed E-state index contributed by atoms with van der Waals surface area (Å²) in [5.74, 6) is -2.89. The van der Waals surface area contributed by atoms with Crippen LogP contribution in [0.4, 0.5) is 8.78 Å². The lowest BCUT2D eigenvalue weighted by molar-refractivity contribution is 0.0175. The zero-order chi connectivity index (χ0) is 23.3. The average Bonchev–Trinajstić information content (AvgIpc) is 2.86. The van der Waals surface area contributed by atoms with Gasteiger partial charge in [-0.05, 0) is 79.9 Å². The SMILES string of the molecule is CC(F)(F)c1cccc(-c2c3ccccc3c(-c3ccc4c(c3)C=CCC4)c3ccccc23)c1. The number of aryl methyl sites for hydroxylation is 1. The lowest BCUT2D eigenvalue weighted by Crippen LogP contribution is -2.06. The van der Waals surface area contributed by atoms with Crippen molar-refractivity contribution in [1.82, 2.24) is 0 Å². The van der Waals surface area contributed by atoms with E-state index >= 15 is 0 Å². The minimum atomic E-state index is -2.89. The molecule has 0 radical (unpaired) electrons. The molecule has 166 valence electrons. The van der Waals surface area contributed by atoms with Gasteiger partial charge in [0.05, 0.1) is 0 Å². The first-order chi connectivity index (χ1) is 16.5. The van der Waals surface area contributed by atoms with Gasteiger partial charge in [0.2, 0.25) is 0 Å². The quantitative estimate of drug-likeness (QED) is 0.242. The monoisotopic (exact) mass is 446 g/mol. The molecule has 0 saturated carbocycles. The fraction of sp³-hybridized carbons (Fsp3) is 0.125. The molecule has 0 fully saturated rings. The Kier molecular flexibility index (Phi) is 4.84. The predicted molar refractivity (Wildman–Crippen MR) is 139 cm³/mol. The summed E-state index contributed by atoms with van der Waals surface area (Å²) in [7, 11) is 0. The van der Waals surface area contributed by atoms with Crippen LogP contribution in [0.2, 0.25) is 0 Å². The molecule has 0 aromatic heterocycles. The summed E-state index contributed by atoms with van der Waals surface area (Å²) >= 11 is 0. The zero-order valence-electron chi connectivity index (χ0n) is 19.0. The van der Waals surface area contributed by atoms with Crippen molar-refractivity contribution in [3.63, 3.8) is 0 Å². The third-order valence-corrected chi connectivity index (χ3v) is 6.90. The first-order valence-electron chi connectivity index (χ1n) is 11.7. The van der Waals surface area contributed by atoms with Crippen LogP contribution in [-0.2, 0) is 12.3 Å². The molecule has 0 heterocycles. The maximum atomic E-state index is 14.2. The number of halogens is 2. The molecule has 0 spiro atoms. The third kappa shape index (κ3) is 3.42. The van der Waals surface area contributed by atoms with Gasteiger partial charge in [0.1, 0.15) is 0 Å². The average molecular weight is 447 g/mol. The van der Waals surface area contributed by atoms with Crippen molar-refractivity contribution >= 4 is 27.6 Å². The Bertz CT molecular complexity index is 1530. The van der Waals surface area contributed by atoms with Crippen LogP contribution in [0.3, 0.4) is 0 Å². The van der Waals surface area contributed by atoms with Crippen LogP contribution in [0, 0.1) is 0 Å². The van der Waals surface area contributed by atoms with Gasteiger partial charge >= 0.3 is 0 Å². The maximum absolute atomic E-state index is 14.2. The van der Waals surface area contributed by atoms with Crippen molar-refractivity contribution in [2.24, 2.45) is 0 Å². The Hall–Kier alpha value is -3.78. The highest BCUT2D eigenvalue weighted by Crippen LogP contribution is 2.44. The van der Waals surface area contributed by atoms with E-state index in [0.717, 1.165) is 52.4 Å². The first kappa shape index (κ1) is 20.8. The lowest BCUT2D eigenvalue weighted by atomic mass is 9.84. The van der Waals surface area contributed by atoms with E-state index < -0.39 is 5.92 Å². The molecule has 5 aromatic rings. The van der Waals surface area contributed by atoms with Crippen molar-refractivity contribution in [2.75, 3.05) is 0 Å². The Labute approximate surface area is 198 Å². The van der Waals surface area contributed by atoms with Crippen molar-refractivity contribution < 1.29 is 8.78 Å². The summed E-state index contributed by atoms with van der Waals surface area (Å²) < 4.78 is 28.4. The molecule has 2 heteroatoms. The van der Waals surface area contributed by atoms with Gasteiger partial charge in [-0.15, -0.1) is 0 Å². The molecule has 5 aromatic carbocycles. The van der Waals surface area contributed by atoms with Gasteiger partial charge in [0, 0.05) is 12.5 Å². The van der Waals surface area contributed by atoms with Gasteiger partial charge in [-0.1, -0.05) is 91.0 Å². The summed E-state index contributed by atoms with van der Waals surface area (Å²) in [5, 5.41) is 4.40. The van der Waals surface area contributed by atoms with Crippen LogP contribution in [0.25, 0.3) is 49.9 Å². The second kappa shape index (κ2) is 7.92. The molecule has 0 aliphatic heterocycles. The van der Waals surface area contributed by atoms with Crippen LogP contribution in [0.1, 0.15) is 30.0 Å². The lowest BCUT2D eigenvalue weighted by Gasteiger charge is -2.20. The molecule has 0 saturated heterocycles. The molecule has 0 N–H and O–H groups in total. The van der Waals surface area contributed by atoms with E-state index in [0.29, 0.717) is 0 Å². The molecule has 0 nitrogen and oxygen atoms in total. The second-order valence-electron chi connectivity index (χ2n) is 9.16. The minimum absolute atomic E-state index is 0.0312. The minimum Gasteiger partial charge on any atom is -0.202 e. The molecule has 0 unspecified atom stereocenters. The second-order valence-corrected chi connectivity index (χ2v) is 9.16. The number of allylic oxidation sites excluding steroid dienone is 1. The van der Waals surface area contributed by atoms with Crippen LogP contribution >= 0.6 is 0 Å². The highest BCUT2D eigenvalue weighted by molar-refractivity contribution is 6.21. The van der Waals surface area contributed by atoms with E-state index in [1.54, 1.807) is 12.1 Å². The highest BCUT2D eigenvalue weighted by atomic mass is 19.3. The Morgan fingerprint density at radius 1 is 0.647 bits per heavy atom. The fourth-order valence-corrected chi connectivity index (χ4v) is 5.28. The van der Waals surface area contributed by atoms with E-state index in [-0.39, 0.29) is 5.56 Å². The molecular formula is C32H24F2. The third-order valence-electron chi connectivity index (χ3n) is 6.90. The summed E-state index contributed by atoms with van der Waals surface area (Å²) in [4.78, 5) is 0. The zero-order valence-corrected chi connectivity index (χ0v) is 19.0. The Morgan fingerprint density at radius 3 is 1.82 bits per heavy atom. The number of alkyl halides is 2. The smallest absolute Gasteiger partial charge is 0.202 e. The van der Waals surface area contributed by atoms with Gasteiger partial charge in [-0.25, -0.2) is 8.78 Å². The number of benzene rings is 5. The van der Waals surface area contributed by atoms with Gasteiger partial charge < -0.3 is 0 Å². The van der Waals surface area contributed by atoms with Crippen LogP contribution < -0.4 is 0 Å². The van der Waals surface area contributed by atoms with Crippen molar-refractivity contribution in [3.05, 3.63) is 114 Å². The topological polar surface area (TPSA) is 0 Å². The number of fused-ring (bicyclic) bond motifs is 3. The molecule has 0 bridgehead atoms. The van der Waals surface area contributed by atoms with Gasteiger partial charge in [-0.2, -0.15) is 0 Å². The number of rotatable bonds is 3. The molecule has 1 aliphatic rings. The highest BCUT2D eigenvalue weighted by Gasteiger charge is 2.25.